The van der Waals surface area contributed by atoms with Crippen LogP contribution in [-0.4, -0.2) is 44.5 Å². The standard InChI is InChI=1S/C19H27BN4O4/c1-17(2,3)14(26)19(20,23-18(4,5)6)10-11-7-8-13(25)12(9-11)24-16(28)21-15(27)22-24/h7-9,23,25H,10H2,1-6H3,(H2,21,22,27,28)/t19-/m0/s1. The molecular formula is C19H27BN4O4. The minimum absolute atomic E-state index is 0.0853. The molecule has 0 amide bonds. The average molecular weight is 386 g/mol. The lowest BCUT2D eigenvalue weighted by atomic mass is 9.63. The lowest BCUT2D eigenvalue weighted by Gasteiger charge is -2.41. The van der Waals surface area contributed by atoms with Crippen LogP contribution >= 0.6 is 0 Å². The lowest BCUT2D eigenvalue weighted by Crippen LogP contribution is -2.63. The molecule has 1 atom stereocenters. The summed E-state index contributed by atoms with van der Waals surface area (Å²) in [5.74, 6) is -0.369. The van der Waals surface area contributed by atoms with E-state index < -0.39 is 27.8 Å². The number of H-pyrrole nitrogens is 2. The molecule has 2 aromatic rings. The van der Waals surface area contributed by atoms with Crippen molar-refractivity contribution in [1.82, 2.24) is 20.1 Å². The van der Waals surface area contributed by atoms with Crippen LogP contribution in [0.15, 0.2) is 27.8 Å². The number of Topliss-reactive ketones (excluding diaryl/α,β-unsaturated/α-hetero) is 1. The Morgan fingerprint density at radius 1 is 1.18 bits per heavy atom. The number of benzene rings is 1. The van der Waals surface area contributed by atoms with E-state index in [1.54, 1.807) is 26.8 Å². The van der Waals surface area contributed by atoms with Gasteiger partial charge in [0.1, 0.15) is 25.1 Å². The van der Waals surface area contributed by atoms with E-state index in [1.807, 2.05) is 20.8 Å². The third kappa shape index (κ3) is 4.84. The molecule has 0 saturated heterocycles. The van der Waals surface area contributed by atoms with Crippen molar-refractivity contribution in [2.75, 3.05) is 0 Å². The van der Waals surface area contributed by atoms with Gasteiger partial charge in [-0.25, -0.2) is 14.7 Å². The largest absolute Gasteiger partial charge is 0.506 e. The number of ketones is 1. The zero-order valence-corrected chi connectivity index (χ0v) is 17.1. The Morgan fingerprint density at radius 2 is 1.79 bits per heavy atom. The van der Waals surface area contributed by atoms with Crippen LogP contribution in [0.2, 0.25) is 0 Å². The average Bonchev–Trinajstić information content (AvgIpc) is 2.84. The molecule has 1 aromatic heterocycles. The predicted octanol–water partition coefficient (Wildman–Crippen LogP) is 0.970. The number of carbonyl (C=O) groups excluding carboxylic acids is 1. The number of carbonyl (C=O) groups is 1. The minimum atomic E-state index is -1.37. The van der Waals surface area contributed by atoms with Crippen LogP contribution in [-0.2, 0) is 11.2 Å². The summed E-state index contributed by atoms with van der Waals surface area (Å²) in [7, 11) is 6.55. The maximum atomic E-state index is 13.1. The third-order valence-electron chi connectivity index (χ3n) is 4.09. The van der Waals surface area contributed by atoms with Gasteiger partial charge in [-0.05, 0) is 44.9 Å². The second kappa shape index (κ2) is 7.12. The molecule has 0 spiro atoms. The van der Waals surface area contributed by atoms with Gasteiger partial charge in [0, 0.05) is 16.4 Å². The van der Waals surface area contributed by atoms with Crippen molar-refractivity contribution >= 4 is 13.6 Å². The van der Waals surface area contributed by atoms with Crippen molar-refractivity contribution in [3.63, 3.8) is 0 Å². The molecule has 4 N–H and O–H groups in total. The molecule has 2 rings (SSSR count). The maximum Gasteiger partial charge on any atom is 0.349 e. The summed E-state index contributed by atoms with van der Waals surface area (Å²) in [6, 6.07) is 4.53. The lowest BCUT2D eigenvalue weighted by molar-refractivity contribution is -0.130. The van der Waals surface area contributed by atoms with Gasteiger partial charge >= 0.3 is 11.4 Å². The van der Waals surface area contributed by atoms with Crippen molar-refractivity contribution in [1.29, 1.82) is 0 Å². The van der Waals surface area contributed by atoms with Crippen LogP contribution in [0.1, 0.15) is 47.1 Å². The summed E-state index contributed by atoms with van der Waals surface area (Å²) in [5, 5.41) is 15.6. The van der Waals surface area contributed by atoms with Crippen LogP contribution in [0.3, 0.4) is 0 Å². The smallest absolute Gasteiger partial charge is 0.349 e. The van der Waals surface area contributed by atoms with Crippen molar-refractivity contribution < 1.29 is 9.90 Å². The first-order chi connectivity index (χ1) is 12.6. The Balaban J connectivity index is 2.52. The highest BCUT2D eigenvalue weighted by Gasteiger charge is 2.41. The van der Waals surface area contributed by atoms with Crippen LogP contribution in [0.25, 0.3) is 5.69 Å². The molecule has 0 fully saturated rings. The fourth-order valence-electron chi connectivity index (χ4n) is 3.20. The monoisotopic (exact) mass is 386 g/mol. The summed E-state index contributed by atoms with van der Waals surface area (Å²) >= 11 is 0. The van der Waals surface area contributed by atoms with E-state index in [-0.39, 0.29) is 23.6 Å². The summed E-state index contributed by atoms with van der Waals surface area (Å²) in [6.45, 7) is 11.1. The van der Waals surface area contributed by atoms with E-state index in [0.717, 1.165) is 4.68 Å². The number of rotatable bonds is 5. The highest BCUT2D eigenvalue weighted by molar-refractivity contribution is 6.29. The number of aromatic hydroxyl groups is 1. The second-order valence-corrected chi connectivity index (χ2v) is 9.13. The molecule has 0 bridgehead atoms. The fourth-order valence-corrected chi connectivity index (χ4v) is 3.20. The Hall–Kier alpha value is -2.55. The first-order valence-corrected chi connectivity index (χ1v) is 8.99. The van der Waals surface area contributed by atoms with E-state index in [4.69, 9.17) is 7.85 Å². The van der Waals surface area contributed by atoms with Gasteiger partial charge in [-0.2, -0.15) is 4.68 Å². The second-order valence-electron chi connectivity index (χ2n) is 9.13. The Labute approximate surface area is 164 Å². The zero-order chi connectivity index (χ0) is 21.5. The summed E-state index contributed by atoms with van der Waals surface area (Å²) < 4.78 is 0.905. The van der Waals surface area contributed by atoms with E-state index in [9.17, 15) is 19.5 Å². The molecule has 0 saturated carbocycles. The first-order valence-electron chi connectivity index (χ1n) is 8.99. The van der Waals surface area contributed by atoms with Crippen LogP contribution in [0.4, 0.5) is 0 Å². The van der Waals surface area contributed by atoms with Crippen LogP contribution in [0.5, 0.6) is 5.75 Å². The molecule has 1 heterocycles. The summed E-state index contributed by atoms with van der Waals surface area (Å²) in [4.78, 5) is 38.4. The van der Waals surface area contributed by atoms with Crippen LogP contribution in [0, 0.1) is 5.41 Å². The predicted molar refractivity (Wildman–Crippen MR) is 108 cm³/mol. The zero-order valence-electron chi connectivity index (χ0n) is 17.1. The molecule has 9 heteroatoms. The molecule has 8 nitrogen and oxygen atoms in total. The quantitative estimate of drug-likeness (QED) is 0.571. The first kappa shape index (κ1) is 21.8. The van der Waals surface area contributed by atoms with Crippen molar-refractivity contribution in [3.8, 4) is 11.4 Å². The molecule has 2 radical (unpaired) electrons. The Kier molecular flexibility index (Phi) is 5.53. The number of phenols is 1. The maximum absolute atomic E-state index is 13.1. The molecule has 0 aliphatic carbocycles. The topological polar surface area (TPSA) is 120 Å². The van der Waals surface area contributed by atoms with Gasteiger partial charge in [-0.15, -0.1) is 0 Å². The number of hydrogen-bond acceptors (Lipinski definition) is 5. The van der Waals surface area contributed by atoms with Gasteiger partial charge in [0.25, 0.3) is 0 Å². The number of aromatic nitrogens is 3. The molecule has 0 aliphatic rings. The van der Waals surface area contributed by atoms with Crippen LogP contribution < -0.4 is 16.7 Å². The number of nitrogens with one attached hydrogen (secondary N) is 3. The molecule has 0 aliphatic heterocycles. The molecular weight excluding hydrogens is 359 g/mol. The van der Waals surface area contributed by atoms with E-state index >= 15 is 0 Å². The van der Waals surface area contributed by atoms with E-state index in [0.29, 0.717) is 5.56 Å². The molecule has 150 valence electrons. The normalized spacial score (nSPS) is 14.6. The number of nitrogens with zero attached hydrogens (tertiary/aromatic N) is 1. The number of phenolic OH excluding ortho intramolecular Hbond substituents is 1. The van der Waals surface area contributed by atoms with Gasteiger partial charge in [0.05, 0.1) is 0 Å². The van der Waals surface area contributed by atoms with Crippen molar-refractivity contribution in [2.45, 2.75) is 58.9 Å². The number of aromatic amines is 2. The van der Waals surface area contributed by atoms with Crippen molar-refractivity contribution in [2.24, 2.45) is 5.41 Å². The molecule has 1 aromatic carbocycles. The van der Waals surface area contributed by atoms with Crippen molar-refractivity contribution in [3.05, 3.63) is 44.7 Å². The summed E-state index contributed by atoms with van der Waals surface area (Å²) in [5.41, 5.74) is -3.20. The van der Waals surface area contributed by atoms with Gasteiger partial charge < -0.3 is 10.4 Å². The third-order valence-corrected chi connectivity index (χ3v) is 4.09. The van der Waals surface area contributed by atoms with Gasteiger partial charge in [-0.3, -0.25) is 9.78 Å². The fraction of sp³-hybridized carbons (Fsp3) is 0.526. The van der Waals surface area contributed by atoms with Gasteiger partial charge in [-0.1, -0.05) is 26.8 Å². The molecule has 0 unspecified atom stereocenters. The Bertz CT molecular complexity index is 991. The van der Waals surface area contributed by atoms with Gasteiger partial charge in [0.15, 0.2) is 0 Å². The molecule has 28 heavy (non-hydrogen) atoms. The van der Waals surface area contributed by atoms with E-state index in [2.05, 4.69) is 15.4 Å². The number of hydrogen-bond donors (Lipinski definition) is 4. The highest BCUT2D eigenvalue weighted by Crippen LogP contribution is 2.28. The summed E-state index contributed by atoms with van der Waals surface area (Å²) in [6.07, 6.45) is 0.122. The minimum Gasteiger partial charge on any atom is -0.506 e. The van der Waals surface area contributed by atoms with Gasteiger partial charge in [0.2, 0.25) is 0 Å². The van der Waals surface area contributed by atoms with E-state index in [1.165, 1.54) is 12.1 Å². The highest BCUT2D eigenvalue weighted by atomic mass is 16.3. The SMILES string of the molecule is [B][C@@](Cc1ccc(O)c(-n2[nH]c(=O)[nH]c2=O)c1)(NC(C)(C)C)C(=O)C(C)(C)C. The Morgan fingerprint density at radius 3 is 2.25 bits per heavy atom.